The number of Topliss-reactive ketones (excluding diaryl/α,β-unsaturated/α-hetero) is 1. The molecule has 1 unspecified atom stereocenters. The summed E-state index contributed by atoms with van der Waals surface area (Å²) in [5.74, 6) is 0.318. The lowest BCUT2D eigenvalue weighted by atomic mass is 9.86. The number of hydrogen-bond acceptors (Lipinski definition) is 3. The molecule has 86 valence electrons. The van der Waals surface area contributed by atoms with Crippen molar-refractivity contribution in [1.82, 2.24) is 0 Å². The number of ether oxygens (including phenoxy) is 1. The molecule has 0 aliphatic heterocycles. The molecule has 0 spiro atoms. The van der Waals surface area contributed by atoms with Crippen LogP contribution in [0.1, 0.15) is 52.9 Å². The second-order valence-electron chi connectivity index (χ2n) is 5.29. The SMILES string of the molecule is CC(C)(C)OC(=O)CC1CCCC(=O)C1. The van der Waals surface area contributed by atoms with Crippen LogP contribution in [0.5, 0.6) is 0 Å². The van der Waals surface area contributed by atoms with E-state index in [4.69, 9.17) is 4.74 Å². The summed E-state index contributed by atoms with van der Waals surface area (Å²) in [6.07, 6.45) is 3.53. The lowest BCUT2D eigenvalue weighted by Crippen LogP contribution is -2.26. The minimum absolute atomic E-state index is 0.179. The number of carbonyl (C=O) groups is 2. The fraction of sp³-hybridized carbons (Fsp3) is 0.833. The van der Waals surface area contributed by atoms with Crippen LogP contribution < -0.4 is 0 Å². The van der Waals surface area contributed by atoms with E-state index in [1.54, 1.807) is 0 Å². The summed E-state index contributed by atoms with van der Waals surface area (Å²) in [5.41, 5.74) is -0.421. The second kappa shape index (κ2) is 4.77. The molecule has 0 aromatic carbocycles. The molecule has 1 saturated carbocycles. The molecule has 1 aliphatic rings. The fourth-order valence-electron chi connectivity index (χ4n) is 1.91. The van der Waals surface area contributed by atoms with Crippen LogP contribution in [-0.2, 0) is 14.3 Å². The van der Waals surface area contributed by atoms with Crippen LogP contribution in [-0.4, -0.2) is 17.4 Å². The van der Waals surface area contributed by atoms with E-state index >= 15 is 0 Å². The van der Waals surface area contributed by atoms with Crippen LogP contribution in [0.4, 0.5) is 0 Å². The standard InChI is InChI=1S/C12H20O3/c1-12(2,3)15-11(14)8-9-5-4-6-10(13)7-9/h9H,4-8H2,1-3H3. The van der Waals surface area contributed by atoms with Crippen LogP contribution in [0.25, 0.3) is 0 Å². The van der Waals surface area contributed by atoms with E-state index < -0.39 is 5.60 Å². The zero-order valence-electron chi connectivity index (χ0n) is 9.84. The maximum Gasteiger partial charge on any atom is 0.306 e. The molecule has 0 amide bonds. The van der Waals surface area contributed by atoms with Crippen LogP contribution in [0, 0.1) is 5.92 Å². The van der Waals surface area contributed by atoms with E-state index in [0.717, 1.165) is 12.8 Å². The van der Waals surface area contributed by atoms with E-state index in [1.807, 2.05) is 20.8 Å². The van der Waals surface area contributed by atoms with E-state index in [-0.39, 0.29) is 17.7 Å². The summed E-state index contributed by atoms with van der Waals surface area (Å²) in [6.45, 7) is 5.57. The van der Waals surface area contributed by atoms with Crippen LogP contribution >= 0.6 is 0 Å². The Hall–Kier alpha value is -0.860. The Morgan fingerprint density at radius 1 is 1.47 bits per heavy atom. The predicted molar refractivity (Wildman–Crippen MR) is 57.4 cm³/mol. The molecule has 0 N–H and O–H groups in total. The third-order valence-corrected chi connectivity index (χ3v) is 2.46. The van der Waals surface area contributed by atoms with Crippen molar-refractivity contribution >= 4 is 11.8 Å². The van der Waals surface area contributed by atoms with Gasteiger partial charge in [0.2, 0.25) is 0 Å². The van der Waals surface area contributed by atoms with Gasteiger partial charge < -0.3 is 4.74 Å². The Labute approximate surface area is 91.2 Å². The van der Waals surface area contributed by atoms with Crippen molar-refractivity contribution < 1.29 is 14.3 Å². The Balaban J connectivity index is 2.34. The molecule has 0 aromatic heterocycles. The van der Waals surface area contributed by atoms with Crippen molar-refractivity contribution in [3.05, 3.63) is 0 Å². The number of ketones is 1. The van der Waals surface area contributed by atoms with Gasteiger partial charge in [-0.05, 0) is 39.5 Å². The Kier molecular flexibility index (Phi) is 3.89. The summed E-state index contributed by atoms with van der Waals surface area (Å²) in [4.78, 5) is 22.7. The van der Waals surface area contributed by atoms with E-state index in [2.05, 4.69) is 0 Å². The highest BCUT2D eigenvalue weighted by Gasteiger charge is 2.24. The molecule has 3 nitrogen and oxygen atoms in total. The monoisotopic (exact) mass is 212 g/mol. The first-order valence-corrected chi connectivity index (χ1v) is 5.60. The number of esters is 1. The lowest BCUT2D eigenvalue weighted by molar-refractivity contribution is -0.156. The summed E-state index contributed by atoms with van der Waals surface area (Å²) in [7, 11) is 0. The molecular weight excluding hydrogens is 192 g/mol. The van der Waals surface area contributed by atoms with Gasteiger partial charge >= 0.3 is 5.97 Å². The highest BCUT2D eigenvalue weighted by Crippen LogP contribution is 2.25. The second-order valence-corrected chi connectivity index (χ2v) is 5.29. The molecule has 1 fully saturated rings. The van der Waals surface area contributed by atoms with Crippen molar-refractivity contribution in [3.8, 4) is 0 Å². The molecule has 0 aromatic rings. The van der Waals surface area contributed by atoms with Gasteiger partial charge in [0.25, 0.3) is 0 Å². The van der Waals surface area contributed by atoms with Gasteiger partial charge in [0.1, 0.15) is 11.4 Å². The van der Waals surface area contributed by atoms with Gasteiger partial charge in [-0.2, -0.15) is 0 Å². The molecule has 0 radical (unpaired) electrons. The number of carbonyl (C=O) groups excluding carboxylic acids is 2. The van der Waals surface area contributed by atoms with Crippen LogP contribution in [0.2, 0.25) is 0 Å². The summed E-state index contributed by atoms with van der Waals surface area (Å²) >= 11 is 0. The predicted octanol–water partition coefficient (Wildman–Crippen LogP) is 2.48. The third kappa shape index (κ3) is 4.96. The molecule has 0 heterocycles. The Bertz CT molecular complexity index is 250. The van der Waals surface area contributed by atoms with Gasteiger partial charge in [-0.3, -0.25) is 9.59 Å². The van der Waals surface area contributed by atoms with Gasteiger partial charge in [-0.25, -0.2) is 0 Å². The average molecular weight is 212 g/mol. The van der Waals surface area contributed by atoms with Crippen molar-refractivity contribution in [2.75, 3.05) is 0 Å². The third-order valence-electron chi connectivity index (χ3n) is 2.46. The van der Waals surface area contributed by atoms with Gasteiger partial charge in [-0.15, -0.1) is 0 Å². The molecule has 1 aliphatic carbocycles. The Morgan fingerprint density at radius 2 is 2.13 bits per heavy atom. The summed E-state index contributed by atoms with van der Waals surface area (Å²) < 4.78 is 5.23. The van der Waals surface area contributed by atoms with E-state index in [0.29, 0.717) is 19.3 Å². The first kappa shape index (κ1) is 12.2. The molecule has 1 atom stereocenters. The molecule has 1 rings (SSSR count). The zero-order chi connectivity index (χ0) is 11.5. The smallest absolute Gasteiger partial charge is 0.306 e. The van der Waals surface area contributed by atoms with E-state index in [1.165, 1.54) is 0 Å². The maximum absolute atomic E-state index is 11.5. The lowest BCUT2D eigenvalue weighted by Gasteiger charge is -2.23. The first-order chi connectivity index (χ1) is 6.87. The Morgan fingerprint density at radius 3 is 2.67 bits per heavy atom. The van der Waals surface area contributed by atoms with Crippen molar-refractivity contribution in [2.45, 2.75) is 58.5 Å². The van der Waals surface area contributed by atoms with E-state index in [9.17, 15) is 9.59 Å². The minimum Gasteiger partial charge on any atom is -0.460 e. The van der Waals surface area contributed by atoms with Crippen LogP contribution in [0.3, 0.4) is 0 Å². The summed E-state index contributed by atoms with van der Waals surface area (Å²) in [5, 5.41) is 0. The molecular formula is C12H20O3. The quantitative estimate of drug-likeness (QED) is 0.660. The highest BCUT2D eigenvalue weighted by atomic mass is 16.6. The average Bonchev–Trinajstić information content (AvgIpc) is 1.99. The largest absolute Gasteiger partial charge is 0.460 e. The first-order valence-electron chi connectivity index (χ1n) is 5.60. The highest BCUT2D eigenvalue weighted by molar-refractivity contribution is 5.80. The topological polar surface area (TPSA) is 43.4 Å². The molecule has 0 bridgehead atoms. The van der Waals surface area contributed by atoms with Crippen LogP contribution in [0.15, 0.2) is 0 Å². The van der Waals surface area contributed by atoms with Crippen molar-refractivity contribution in [1.29, 1.82) is 0 Å². The summed E-state index contributed by atoms with van der Waals surface area (Å²) in [6, 6.07) is 0. The maximum atomic E-state index is 11.5. The number of hydrogen-bond donors (Lipinski definition) is 0. The molecule has 3 heteroatoms. The zero-order valence-corrected chi connectivity index (χ0v) is 9.84. The fourth-order valence-corrected chi connectivity index (χ4v) is 1.91. The van der Waals surface area contributed by atoms with Gasteiger partial charge in [0, 0.05) is 19.3 Å². The number of rotatable bonds is 2. The molecule has 0 saturated heterocycles. The molecule has 15 heavy (non-hydrogen) atoms. The van der Waals surface area contributed by atoms with Crippen molar-refractivity contribution in [2.24, 2.45) is 5.92 Å². The van der Waals surface area contributed by atoms with Crippen molar-refractivity contribution in [3.63, 3.8) is 0 Å². The van der Waals surface area contributed by atoms with Gasteiger partial charge in [0.05, 0.1) is 0 Å². The van der Waals surface area contributed by atoms with Gasteiger partial charge in [0.15, 0.2) is 0 Å². The minimum atomic E-state index is -0.421. The van der Waals surface area contributed by atoms with Gasteiger partial charge in [-0.1, -0.05) is 0 Å². The normalized spacial score (nSPS) is 22.6.